The van der Waals surface area contributed by atoms with Gasteiger partial charge in [0.15, 0.2) is 5.16 Å². The van der Waals surface area contributed by atoms with E-state index in [1.807, 2.05) is 32.0 Å². The first-order valence-corrected chi connectivity index (χ1v) is 9.94. The summed E-state index contributed by atoms with van der Waals surface area (Å²) in [5.74, 6) is -0.745. The number of thioether (sulfide) groups is 1. The highest BCUT2D eigenvalue weighted by atomic mass is 32.2. The maximum atomic E-state index is 12.8. The molecule has 1 aromatic heterocycles. The molecule has 0 saturated carbocycles. The number of para-hydroxylation sites is 2. The van der Waals surface area contributed by atoms with Gasteiger partial charge in [-0.1, -0.05) is 42.1 Å². The van der Waals surface area contributed by atoms with Crippen molar-refractivity contribution in [2.75, 3.05) is 18.2 Å². The number of hydrogen-bond acceptors (Lipinski definition) is 6. The molecule has 0 bridgehead atoms. The van der Waals surface area contributed by atoms with Crippen molar-refractivity contribution in [1.29, 1.82) is 0 Å². The summed E-state index contributed by atoms with van der Waals surface area (Å²) in [6, 6.07) is 12.7. The van der Waals surface area contributed by atoms with Gasteiger partial charge in [-0.3, -0.25) is 19.0 Å². The molecule has 0 unspecified atom stereocenters. The Hall–Kier alpha value is -3.13. The second kappa shape index (κ2) is 8.91. The zero-order valence-corrected chi connectivity index (χ0v) is 17.2. The SMILES string of the molecule is COC(=O)Cn1c(SCC(=O)Nc2c(C)cccc2C)nc2ccccc2c1=O. The third-order valence-corrected chi connectivity index (χ3v) is 5.40. The molecule has 2 aromatic carbocycles. The van der Waals surface area contributed by atoms with Gasteiger partial charge in [0.1, 0.15) is 6.54 Å². The monoisotopic (exact) mass is 411 g/mol. The number of nitrogens with one attached hydrogen (secondary N) is 1. The highest BCUT2D eigenvalue weighted by molar-refractivity contribution is 7.99. The predicted molar refractivity (Wildman–Crippen MR) is 113 cm³/mol. The molecule has 29 heavy (non-hydrogen) atoms. The van der Waals surface area contributed by atoms with E-state index in [0.29, 0.717) is 10.9 Å². The van der Waals surface area contributed by atoms with Crippen LogP contribution in [0.3, 0.4) is 0 Å². The fraction of sp³-hybridized carbons (Fsp3) is 0.238. The summed E-state index contributed by atoms with van der Waals surface area (Å²) in [5, 5.41) is 3.60. The first-order chi connectivity index (χ1) is 13.9. The van der Waals surface area contributed by atoms with Crippen LogP contribution in [0.15, 0.2) is 52.4 Å². The summed E-state index contributed by atoms with van der Waals surface area (Å²) >= 11 is 1.10. The molecular formula is C21H21N3O4S. The summed E-state index contributed by atoms with van der Waals surface area (Å²) in [6.07, 6.45) is 0. The van der Waals surface area contributed by atoms with Gasteiger partial charge in [-0.25, -0.2) is 4.98 Å². The zero-order valence-electron chi connectivity index (χ0n) is 16.4. The Bertz CT molecular complexity index is 1120. The summed E-state index contributed by atoms with van der Waals surface area (Å²) in [7, 11) is 1.26. The van der Waals surface area contributed by atoms with Crippen LogP contribution in [0.5, 0.6) is 0 Å². The Balaban J connectivity index is 1.86. The Kier molecular flexibility index (Phi) is 6.33. The number of aromatic nitrogens is 2. The van der Waals surface area contributed by atoms with Crippen LogP contribution >= 0.6 is 11.8 Å². The number of aryl methyl sites for hydroxylation is 2. The average Bonchev–Trinajstić information content (AvgIpc) is 2.71. The van der Waals surface area contributed by atoms with Crippen molar-refractivity contribution in [3.8, 4) is 0 Å². The average molecular weight is 411 g/mol. The van der Waals surface area contributed by atoms with Crippen molar-refractivity contribution in [3.63, 3.8) is 0 Å². The molecule has 150 valence electrons. The lowest BCUT2D eigenvalue weighted by Gasteiger charge is -2.13. The van der Waals surface area contributed by atoms with Gasteiger partial charge < -0.3 is 10.1 Å². The molecule has 1 amide bonds. The minimum absolute atomic E-state index is 0.0414. The van der Waals surface area contributed by atoms with Gasteiger partial charge >= 0.3 is 5.97 Å². The van der Waals surface area contributed by atoms with Crippen molar-refractivity contribution in [1.82, 2.24) is 9.55 Å². The van der Waals surface area contributed by atoms with Gasteiger partial charge in [0.25, 0.3) is 5.56 Å². The number of rotatable bonds is 6. The van der Waals surface area contributed by atoms with E-state index >= 15 is 0 Å². The molecule has 8 heteroatoms. The third kappa shape index (κ3) is 4.65. The van der Waals surface area contributed by atoms with Crippen LogP contribution in [0.2, 0.25) is 0 Å². The summed E-state index contributed by atoms with van der Waals surface area (Å²) in [6.45, 7) is 3.58. The number of hydrogen-bond donors (Lipinski definition) is 1. The van der Waals surface area contributed by atoms with E-state index in [1.54, 1.807) is 24.3 Å². The second-order valence-electron chi connectivity index (χ2n) is 6.48. The number of esters is 1. The first kappa shape index (κ1) is 20.6. The van der Waals surface area contributed by atoms with Gasteiger partial charge in [0, 0.05) is 5.69 Å². The molecule has 0 radical (unpaired) electrons. The lowest BCUT2D eigenvalue weighted by molar-refractivity contribution is -0.141. The number of methoxy groups -OCH3 is 1. The quantitative estimate of drug-likeness (QED) is 0.381. The number of fused-ring (bicyclic) bond motifs is 1. The molecular weight excluding hydrogens is 390 g/mol. The molecule has 0 aliphatic carbocycles. The van der Waals surface area contributed by atoms with Crippen LogP contribution in [0.4, 0.5) is 5.69 Å². The Labute approximate surface area is 172 Å². The van der Waals surface area contributed by atoms with E-state index in [-0.39, 0.29) is 28.9 Å². The maximum absolute atomic E-state index is 12.8. The number of anilines is 1. The molecule has 0 saturated heterocycles. The summed E-state index contributed by atoms with van der Waals surface area (Å²) < 4.78 is 5.93. The number of amides is 1. The van der Waals surface area contributed by atoms with Crippen LogP contribution < -0.4 is 10.9 Å². The van der Waals surface area contributed by atoms with E-state index in [4.69, 9.17) is 4.74 Å². The number of carbonyl (C=O) groups is 2. The highest BCUT2D eigenvalue weighted by Crippen LogP contribution is 2.21. The van der Waals surface area contributed by atoms with Crippen LogP contribution in [-0.2, 0) is 20.9 Å². The third-order valence-electron chi connectivity index (χ3n) is 4.42. The first-order valence-electron chi connectivity index (χ1n) is 8.96. The predicted octanol–water partition coefficient (Wildman–Crippen LogP) is 2.92. The van der Waals surface area contributed by atoms with Crippen LogP contribution in [0, 0.1) is 13.8 Å². The van der Waals surface area contributed by atoms with Crippen molar-refractivity contribution in [3.05, 3.63) is 63.9 Å². The number of benzene rings is 2. The molecule has 7 nitrogen and oxygen atoms in total. The fourth-order valence-electron chi connectivity index (χ4n) is 2.91. The highest BCUT2D eigenvalue weighted by Gasteiger charge is 2.16. The van der Waals surface area contributed by atoms with Gasteiger partial charge in [-0.2, -0.15) is 0 Å². The van der Waals surface area contributed by atoms with Crippen LogP contribution in [-0.4, -0.2) is 34.3 Å². The second-order valence-corrected chi connectivity index (χ2v) is 7.43. The molecule has 3 aromatic rings. The van der Waals surface area contributed by atoms with Crippen molar-refractivity contribution >= 4 is 40.2 Å². The summed E-state index contributed by atoms with van der Waals surface area (Å²) in [4.78, 5) is 41.6. The minimum Gasteiger partial charge on any atom is -0.468 e. The van der Waals surface area contributed by atoms with E-state index in [9.17, 15) is 14.4 Å². The van der Waals surface area contributed by atoms with Crippen molar-refractivity contribution < 1.29 is 14.3 Å². The van der Waals surface area contributed by atoms with Gasteiger partial charge in [-0.15, -0.1) is 0 Å². The number of carbonyl (C=O) groups excluding carboxylic acids is 2. The van der Waals surface area contributed by atoms with E-state index < -0.39 is 5.97 Å². The topological polar surface area (TPSA) is 90.3 Å². The number of ether oxygens (including phenoxy) is 1. The van der Waals surface area contributed by atoms with Crippen LogP contribution in [0.25, 0.3) is 10.9 Å². The smallest absolute Gasteiger partial charge is 0.325 e. The Morgan fingerprint density at radius 1 is 1.10 bits per heavy atom. The van der Waals surface area contributed by atoms with Crippen molar-refractivity contribution in [2.45, 2.75) is 25.5 Å². The van der Waals surface area contributed by atoms with Gasteiger partial charge in [0.05, 0.1) is 23.8 Å². The minimum atomic E-state index is -0.564. The maximum Gasteiger partial charge on any atom is 0.325 e. The van der Waals surface area contributed by atoms with E-state index in [0.717, 1.165) is 28.6 Å². The molecule has 3 rings (SSSR count). The molecule has 0 aliphatic heterocycles. The van der Waals surface area contributed by atoms with Gasteiger partial charge in [0.2, 0.25) is 5.91 Å². The molecule has 0 atom stereocenters. The molecule has 0 aliphatic rings. The lowest BCUT2D eigenvalue weighted by Crippen LogP contribution is -2.28. The Morgan fingerprint density at radius 3 is 2.48 bits per heavy atom. The summed E-state index contributed by atoms with van der Waals surface area (Å²) in [5.41, 5.74) is 2.87. The van der Waals surface area contributed by atoms with Gasteiger partial charge in [-0.05, 0) is 37.1 Å². The molecule has 0 fully saturated rings. The van der Waals surface area contributed by atoms with E-state index in [1.165, 1.54) is 11.7 Å². The Morgan fingerprint density at radius 2 is 1.79 bits per heavy atom. The lowest BCUT2D eigenvalue weighted by atomic mass is 10.1. The molecule has 1 N–H and O–H groups in total. The standard InChI is InChI=1S/C21H21N3O4S/c1-13-7-6-8-14(2)19(13)23-17(25)12-29-21-22-16-10-5-4-9-15(16)20(27)24(21)11-18(26)28-3/h4-10H,11-12H2,1-3H3,(H,23,25). The molecule has 0 spiro atoms. The molecule has 1 heterocycles. The largest absolute Gasteiger partial charge is 0.468 e. The van der Waals surface area contributed by atoms with Crippen LogP contribution in [0.1, 0.15) is 11.1 Å². The fourth-order valence-corrected chi connectivity index (χ4v) is 3.71. The van der Waals surface area contributed by atoms with Crippen molar-refractivity contribution in [2.24, 2.45) is 0 Å². The van der Waals surface area contributed by atoms with E-state index in [2.05, 4.69) is 10.3 Å². The zero-order chi connectivity index (χ0) is 21.0. The number of nitrogens with zero attached hydrogens (tertiary/aromatic N) is 2. The normalized spacial score (nSPS) is 10.7.